The predicted molar refractivity (Wildman–Crippen MR) is 87.1 cm³/mol. The molecule has 0 bridgehead atoms. The molecule has 2 rings (SSSR count). The van der Waals surface area contributed by atoms with Crippen LogP contribution < -0.4 is 0 Å². The first-order valence-electron chi connectivity index (χ1n) is 7.21. The highest BCUT2D eigenvalue weighted by Crippen LogP contribution is 2.34. The second-order valence-electron chi connectivity index (χ2n) is 4.91. The summed E-state index contributed by atoms with van der Waals surface area (Å²) in [5.74, 6) is 0. The van der Waals surface area contributed by atoms with E-state index < -0.39 is 14.6 Å². The lowest BCUT2D eigenvalue weighted by Gasteiger charge is -2.29. The number of morpholine rings is 1. The molecule has 8 heteroatoms. The Morgan fingerprint density at radius 1 is 1.30 bits per heavy atom. The van der Waals surface area contributed by atoms with E-state index in [0.29, 0.717) is 37.6 Å². The molecule has 122 valence electrons. The van der Waals surface area contributed by atoms with Gasteiger partial charge in [0.05, 0.1) is 24.3 Å². The van der Waals surface area contributed by atoms with E-state index in [1.54, 1.807) is 25.1 Å². The molecule has 1 fully saturated rings. The van der Waals surface area contributed by atoms with Gasteiger partial charge in [0, 0.05) is 18.0 Å². The summed E-state index contributed by atoms with van der Waals surface area (Å²) in [5.41, 5.74) is 0.492. The van der Waals surface area contributed by atoms with E-state index in [0.717, 1.165) is 11.8 Å². The summed E-state index contributed by atoms with van der Waals surface area (Å²) >= 11 is 1.13. The SMILES string of the molecule is CCC(Sc1cccc(C#N)c1C#N)S(=O)(=O)N1CCOCC1. The van der Waals surface area contributed by atoms with E-state index in [9.17, 15) is 13.7 Å². The Morgan fingerprint density at radius 3 is 2.57 bits per heavy atom. The molecule has 1 unspecified atom stereocenters. The summed E-state index contributed by atoms with van der Waals surface area (Å²) in [6.45, 7) is 3.29. The fourth-order valence-electron chi connectivity index (χ4n) is 2.30. The monoisotopic (exact) mass is 351 g/mol. The Hall–Kier alpha value is -1.58. The molecular formula is C15H17N3O3S2. The van der Waals surface area contributed by atoms with Crippen LogP contribution in [-0.2, 0) is 14.8 Å². The van der Waals surface area contributed by atoms with Crippen molar-refractivity contribution in [1.82, 2.24) is 4.31 Å². The van der Waals surface area contributed by atoms with Gasteiger partial charge in [0.15, 0.2) is 0 Å². The Bertz CT molecular complexity index is 744. The molecule has 1 aromatic rings. The number of sulfonamides is 1. The minimum absolute atomic E-state index is 0.232. The van der Waals surface area contributed by atoms with Gasteiger partial charge in [0.1, 0.15) is 16.7 Å². The minimum atomic E-state index is -3.49. The molecule has 1 aromatic carbocycles. The number of hydrogen-bond acceptors (Lipinski definition) is 6. The smallest absolute Gasteiger partial charge is 0.226 e. The molecule has 1 aliphatic heterocycles. The van der Waals surface area contributed by atoms with Gasteiger partial charge in [-0.3, -0.25) is 0 Å². The van der Waals surface area contributed by atoms with Crippen molar-refractivity contribution >= 4 is 21.8 Å². The third-order valence-electron chi connectivity index (χ3n) is 3.51. The number of thioether (sulfide) groups is 1. The van der Waals surface area contributed by atoms with E-state index in [-0.39, 0.29) is 11.1 Å². The van der Waals surface area contributed by atoms with Crippen LogP contribution in [0.2, 0.25) is 0 Å². The van der Waals surface area contributed by atoms with Crippen LogP contribution in [0.4, 0.5) is 0 Å². The first kappa shape index (κ1) is 17.8. The minimum Gasteiger partial charge on any atom is -0.379 e. The molecule has 6 nitrogen and oxygen atoms in total. The maximum absolute atomic E-state index is 12.8. The zero-order valence-corrected chi connectivity index (χ0v) is 14.4. The number of benzene rings is 1. The molecule has 0 saturated carbocycles. The van der Waals surface area contributed by atoms with Gasteiger partial charge < -0.3 is 4.74 Å². The number of rotatable bonds is 5. The highest BCUT2D eigenvalue weighted by molar-refractivity contribution is 8.12. The van der Waals surface area contributed by atoms with Crippen molar-refractivity contribution in [2.75, 3.05) is 26.3 Å². The fraction of sp³-hybridized carbons (Fsp3) is 0.467. The standard InChI is InChI=1S/C15H17N3O3S2/c1-2-15(23(19,20)18-6-8-21-9-7-18)22-14-5-3-4-12(10-16)13(14)11-17/h3-5,15H,2,6-9H2,1H3. The molecule has 0 aromatic heterocycles. The number of nitrogens with zero attached hydrogens (tertiary/aromatic N) is 3. The van der Waals surface area contributed by atoms with E-state index in [4.69, 9.17) is 10.00 Å². The van der Waals surface area contributed by atoms with Gasteiger partial charge in [0.2, 0.25) is 10.0 Å². The van der Waals surface area contributed by atoms with Crippen LogP contribution in [0.15, 0.2) is 23.1 Å². The van der Waals surface area contributed by atoms with Gasteiger partial charge in [0.25, 0.3) is 0 Å². The van der Waals surface area contributed by atoms with E-state index >= 15 is 0 Å². The lowest BCUT2D eigenvalue weighted by atomic mass is 10.1. The van der Waals surface area contributed by atoms with Crippen molar-refractivity contribution in [3.05, 3.63) is 29.3 Å². The molecule has 1 saturated heterocycles. The molecule has 1 aliphatic rings. The third-order valence-corrected chi connectivity index (χ3v) is 7.80. The van der Waals surface area contributed by atoms with Crippen molar-refractivity contribution in [3.8, 4) is 12.1 Å². The molecule has 23 heavy (non-hydrogen) atoms. The highest BCUT2D eigenvalue weighted by atomic mass is 32.3. The third kappa shape index (κ3) is 3.85. The Kier molecular flexibility index (Phi) is 6.03. The largest absolute Gasteiger partial charge is 0.379 e. The lowest BCUT2D eigenvalue weighted by molar-refractivity contribution is 0.0729. The van der Waals surface area contributed by atoms with Gasteiger partial charge in [-0.1, -0.05) is 13.0 Å². The Morgan fingerprint density at radius 2 is 2.00 bits per heavy atom. The average molecular weight is 351 g/mol. The molecule has 0 amide bonds. The van der Waals surface area contributed by atoms with E-state index in [2.05, 4.69) is 0 Å². The van der Waals surface area contributed by atoms with Crippen LogP contribution in [0.3, 0.4) is 0 Å². The van der Waals surface area contributed by atoms with Crippen LogP contribution in [-0.4, -0.2) is 43.6 Å². The number of ether oxygens (including phenoxy) is 1. The van der Waals surface area contributed by atoms with Crippen molar-refractivity contribution in [2.45, 2.75) is 22.8 Å². The van der Waals surface area contributed by atoms with Gasteiger partial charge in [-0.15, -0.1) is 11.8 Å². The fourth-order valence-corrected chi connectivity index (χ4v) is 5.76. The number of nitriles is 2. The Balaban J connectivity index is 2.30. The van der Waals surface area contributed by atoms with Crippen LogP contribution in [0, 0.1) is 22.7 Å². The van der Waals surface area contributed by atoms with Crippen LogP contribution in [0.1, 0.15) is 24.5 Å². The first-order valence-corrected chi connectivity index (χ1v) is 9.59. The molecule has 1 heterocycles. The van der Waals surface area contributed by atoms with Crippen LogP contribution >= 0.6 is 11.8 Å². The normalized spacial score (nSPS) is 17.2. The molecule has 1 atom stereocenters. The molecule has 0 radical (unpaired) electrons. The highest BCUT2D eigenvalue weighted by Gasteiger charge is 2.33. The quantitative estimate of drug-likeness (QED) is 0.752. The predicted octanol–water partition coefficient (Wildman–Crippen LogP) is 1.92. The summed E-state index contributed by atoms with van der Waals surface area (Å²) in [6.07, 6.45) is 0.409. The van der Waals surface area contributed by atoms with Crippen molar-refractivity contribution < 1.29 is 13.2 Å². The summed E-state index contributed by atoms with van der Waals surface area (Å²) in [7, 11) is -3.49. The zero-order chi connectivity index (χ0) is 16.9. The van der Waals surface area contributed by atoms with Crippen molar-refractivity contribution in [1.29, 1.82) is 10.5 Å². The number of hydrogen-bond donors (Lipinski definition) is 0. The maximum Gasteiger partial charge on any atom is 0.226 e. The van der Waals surface area contributed by atoms with Gasteiger partial charge in [-0.05, 0) is 18.6 Å². The van der Waals surface area contributed by atoms with Crippen LogP contribution in [0.5, 0.6) is 0 Å². The second-order valence-corrected chi connectivity index (χ2v) is 8.57. The molecular weight excluding hydrogens is 334 g/mol. The van der Waals surface area contributed by atoms with E-state index in [1.165, 1.54) is 4.31 Å². The molecule has 0 N–H and O–H groups in total. The summed E-state index contributed by atoms with van der Waals surface area (Å²) in [4.78, 5) is 0.523. The van der Waals surface area contributed by atoms with Gasteiger partial charge in [-0.2, -0.15) is 14.8 Å². The van der Waals surface area contributed by atoms with Crippen molar-refractivity contribution in [3.63, 3.8) is 0 Å². The zero-order valence-electron chi connectivity index (χ0n) is 12.7. The van der Waals surface area contributed by atoms with Gasteiger partial charge in [-0.25, -0.2) is 8.42 Å². The molecule has 0 spiro atoms. The summed E-state index contributed by atoms with van der Waals surface area (Å²) in [6, 6.07) is 8.87. The topological polar surface area (TPSA) is 94.2 Å². The second kappa shape index (κ2) is 7.80. The first-order chi connectivity index (χ1) is 11.0. The van der Waals surface area contributed by atoms with Crippen molar-refractivity contribution in [2.24, 2.45) is 0 Å². The van der Waals surface area contributed by atoms with E-state index in [1.807, 2.05) is 12.1 Å². The Labute approximate surface area is 140 Å². The average Bonchev–Trinajstić information content (AvgIpc) is 2.59. The maximum atomic E-state index is 12.8. The molecule has 0 aliphatic carbocycles. The van der Waals surface area contributed by atoms with Gasteiger partial charge >= 0.3 is 0 Å². The van der Waals surface area contributed by atoms with Crippen LogP contribution in [0.25, 0.3) is 0 Å². The summed E-state index contributed by atoms with van der Waals surface area (Å²) < 4.78 is 31.5. The lowest BCUT2D eigenvalue weighted by Crippen LogP contribution is -2.44. The summed E-state index contributed by atoms with van der Waals surface area (Å²) in [5, 5.41) is 18.4.